The highest BCUT2D eigenvalue weighted by Gasteiger charge is 2.44. The maximum atomic E-state index is 13.0. The Morgan fingerprint density at radius 3 is 1.67 bits per heavy atom. The van der Waals surface area contributed by atoms with Gasteiger partial charge in [-0.05, 0) is 44.9 Å². The first-order valence-corrected chi connectivity index (χ1v) is 21.7. The van der Waals surface area contributed by atoms with Gasteiger partial charge in [-0.2, -0.15) is 0 Å². The van der Waals surface area contributed by atoms with E-state index in [2.05, 4.69) is 37.4 Å². The van der Waals surface area contributed by atoms with Crippen molar-refractivity contribution in [1.82, 2.24) is 5.32 Å². The van der Waals surface area contributed by atoms with Crippen LogP contribution in [0.15, 0.2) is 24.3 Å². The Morgan fingerprint density at radius 1 is 0.648 bits per heavy atom. The Labute approximate surface area is 327 Å². The topological polar surface area (TPSA) is 189 Å². The van der Waals surface area contributed by atoms with Crippen molar-refractivity contribution in [2.45, 2.75) is 229 Å². The lowest BCUT2D eigenvalue weighted by molar-refractivity contribution is -0.303. The molecule has 11 heteroatoms. The van der Waals surface area contributed by atoms with Crippen molar-refractivity contribution in [2.75, 3.05) is 13.2 Å². The third-order valence-corrected chi connectivity index (χ3v) is 10.5. The van der Waals surface area contributed by atoms with E-state index in [0.29, 0.717) is 19.3 Å². The lowest BCUT2D eigenvalue weighted by atomic mass is 9.98. The Kier molecular flexibility index (Phi) is 31.6. The van der Waals surface area contributed by atoms with Gasteiger partial charge in [0.2, 0.25) is 5.91 Å². The number of nitrogens with one attached hydrogen (secondary N) is 1. The van der Waals surface area contributed by atoms with Crippen molar-refractivity contribution in [3.05, 3.63) is 24.3 Å². The fourth-order valence-electron chi connectivity index (χ4n) is 6.88. The molecule has 8 N–H and O–H groups in total. The largest absolute Gasteiger partial charge is 0.394 e. The Hall–Kier alpha value is -1.41. The number of carbonyl (C=O) groups excluding carboxylic acids is 1. The molecule has 1 aliphatic heterocycles. The van der Waals surface area contributed by atoms with Crippen molar-refractivity contribution < 1.29 is 50.0 Å². The van der Waals surface area contributed by atoms with E-state index in [1.54, 1.807) is 0 Å². The number of amides is 1. The van der Waals surface area contributed by atoms with Crippen molar-refractivity contribution in [2.24, 2.45) is 0 Å². The second-order valence-electron chi connectivity index (χ2n) is 15.4. The van der Waals surface area contributed by atoms with Crippen LogP contribution in [-0.2, 0) is 14.3 Å². The van der Waals surface area contributed by atoms with Gasteiger partial charge >= 0.3 is 0 Å². The number of hydrogen-bond acceptors (Lipinski definition) is 10. The van der Waals surface area contributed by atoms with Gasteiger partial charge in [0.05, 0.1) is 25.4 Å². The van der Waals surface area contributed by atoms with Crippen LogP contribution in [0.5, 0.6) is 0 Å². The molecule has 54 heavy (non-hydrogen) atoms. The Morgan fingerprint density at radius 2 is 1.15 bits per heavy atom. The second kappa shape index (κ2) is 33.7. The van der Waals surface area contributed by atoms with E-state index in [1.165, 1.54) is 89.9 Å². The van der Waals surface area contributed by atoms with Crippen molar-refractivity contribution in [3.8, 4) is 0 Å². The zero-order valence-electron chi connectivity index (χ0n) is 34.0. The zero-order chi connectivity index (χ0) is 39.8. The number of unbranched alkanes of at least 4 members (excludes halogenated alkanes) is 19. The standard InChI is InChI=1S/C43H81NO10/c1-3-5-7-9-11-13-14-15-16-17-18-19-20-21-23-25-27-29-31-36(47)42(52)44-34(33-53-43-41(51)40(50)39(49)37(32-45)54-43)38(48)35(46)30-28-26-24-22-12-10-8-6-4-2/h6,8,22,24,34-41,43,45-51H,3-5,7,9-21,23,25-33H2,1-2H3,(H,44,52)/b8-6+,24-22+. The van der Waals surface area contributed by atoms with Gasteiger partial charge in [-0.3, -0.25) is 4.79 Å². The quantitative estimate of drug-likeness (QED) is 0.0269. The Balaban J connectivity index is 2.44. The van der Waals surface area contributed by atoms with Crippen LogP contribution in [0.3, 0.4) is 0 Å². The highest BCUT2D eigenvalue weighted by Crippen LogP contribution is 2.23. The first-order chi connectivity index (χ1) is 26.2. The molecule has 1 rings (SSSR count). The molecule has 11 nitrogen and oxygen atoms in total. The molecule has 0 aromatic carbocycles. The number of aliphatic hydroxyl groups excluding tert-OH is 7. The molecule has 1 aliphatic rings. The summed E-state index contributed by atoms with van der Waals surface area (Å²) in [5.74, 6) is -0.712. The van der Waals surface area contributed by atoms with E-state index in [-0.39, 0.29) is 12.8 Å². The average Bonchev–Trinajstić information content (AvgIpc) is 3.17. The summed E-state index contributed by atoms with van der Waals surface area (Å²) in [6, 6.07) is -1.18. The minimum atomic E-state index is -1.67. The van der Waals surface area contributed by atoms with Crippen molar-refractivity contribution >= 4 is 5.91 Å². The van der Waals surface area contributed by atoms with Gasteiger partial charge in [-0.15, -0.1) is 0 Å². The van der Waals surface area contributed by atoms with Crippen molar-refractivity contribution in [3.63, 3.8) is 0 Å². The van der Waals surface area contributed by atoms with Crippen LogP contribution in [0.1, 0.15) is 174 Å². The van der Waals surface area contributed by atoms with Crippen LogP contribution in [0.4, 0.5) is 0 Å². The summed E-state index contributed by atoms with van der Waals surface area (Å²) in [4.78, 5) is 13.0. The van der Waals surface area contributed by atoms with Crippen molar-refractivity contribution in [1.29, 1.82) is 0 Å². The van der Waals surface area contributed by atoms with E-state index < -0.39 is 74.2 Å². The summed E-state index contributed by atoms with van der Waals surface area (Å²) in [6.07, 6.45) is 24.0. The SMILES string of the molecule is CC/C=C/CC/C=C/CCCC(O)C(O)C(COC1OC(CO)C(O)C(O)C1O)NC(=O)C(O)CCCCCCCCCCCCCCCCCCCC. The van der Waals surface area contributed by atoms with Gasteiger partial charge in [0.15, 0.2) is 6.29 Å². The summed E-state index contributed by atoms with van der Waals surface area (Å²) in [7, 11) is 0. The monoisotopic (exact) mass is 772 g/mol. The average molecular weight is 772 g/mol. The molecule has 1 saturated heterocycles. The molecule has 1 heterocycles. The zero-order valence-corrected chi connectivity index (χ0v) is 34.0. The van der Waals surface area contributed by atoms with Gasteiger partial charge in [-0.1, -0.05) is 154 Å². The summed E-state index contributed by atoms with van der Waals surface area (Å²) in [5, 5.41) is 75.2. The maximum absolute atomic E-state index is 13.0. The first kappa shape index (κ1) is 50.6. The molecular formula is C43H81NO10. The van der Waals surface area contributed by atoms with E-state index in [1.807, 2.05) is 6.08 Å². The number of hydrogen-bond donors (Lipinski definition) is 8. The molecule has 9 unspecified atom stereocenters. The van der Waals surface area contributed by atoms with Crippen LogP contribution in [0.2, 0.25) is 0 Å². The molecule has 0 bridgehead atoms. The molecule has 318 valence electrons. The van der Waals surface area contributed by atoms with Crippen LogP contribution < -0.4 is 5.32 Å². The minimum absolute atomic E-state index is 0.246. The Bertz CT molecular complexity index is 934. The van der Waals surface area contributed by atoms with Crippen LogP contribution in [0, 0.1) is 0 Å². The molecule has 0 aromatic rings. The molecule has 1 fully saturated rings. The summed E-state index contributed by atoms with van der Waals surface area (Å²) in [5.41, 5.74) is 0. The van der Waals surface area contributed by atoms with Gasteiger partial charge in [0.25, 0.3) is 0 Å². The van der Waals surface area contributed by atoms with E-state index in [9.17, 15) is 40.5 Å². The number of rotatable bonds is 35. The number of allylic oxidation sites excluding steroid dienone is 4. The van der Waals surface area contributed by atoms with Crippen LogP contribution in [-0.4, -0.2) is 110 Å². The van der Waals surface area contributed by atoms with Gasteiger partial charge < -0.3 is 50.5 Å². The van der Waals surface area contributed by atoms with E-state index >= 15 is 0 Å². The smallest absolute Gasteiger partial charge is 0.249 e. The predicted molar refractivity (Wildman–Crippen MR) is 215 cm³/mol. The molecular weight excluding hydrogens is 690 g/mol. The number of aliphatic hydroxyl groups is 7. The number of ether oxygens (including phenoxy) is 2. The van der Waals surface area contributed by atoms with E-state index in [0.717, 1.165) is 38.5 Å². The fraction of sp³-hybridized carbons (Fsp3) is 0.884. The highest BCUT2D eigenvalue weighted by molar-refractivity contribution is 5.80. The molecule has 0 spiro atoms. The molecule has 0 saturated carbocycles. The number of carbonyl (C=O) groups is 1. The molecule has 0 aliphatic carbocycles. The van der Waals surface area contributed by atoms with Gasteiger partial charge in [-0.25, -0.2) is 0 Å². The van der Waals surface area contributed by atoms with Crippen LogP contribution >= 0.6 is 0 Å². The maximum Gasteiger partial charge on any atom is 0.249 e. The second-order valence-corrected chi connectivity index (χ2v) is 15.4. The summed E-state index contributed by atoms with van der Waals surface area (Å²) >= 11 is 0. The minimum Gasteiger partial charge on any atom is -0.394 e. The van der Waals surface area contributed by atoms with Gasteiger partial charge in [0.1, 0.15) is 36.6 Å². The first-order valence-electron chi connectivity index (χ1n) is 21.7. The lowest BCUT2D eigenvalue weighted by Crippen LogP contribution is -2.60. The van der Waals surface area contributed by atoms with Gasteiger partial charge in [0, 0.05) is 0 Å². The normalized spacial score (nSPS) is 22.9. The molecule has 9 atom stereocenters. The molecule has 1 amide bonds. The lowest BCUT2D eigenvalue weighted by Gasteiger charge is -2.40. The van der Waals surface area contributed by atoms with E-state index in [4.69, 9.17) is 9.47 Å². The predicted octanol–water partition coefficient (Wildman–Crippen LogP) is 6.28. The fourth-order valence-corrected chi connectivity index (χ4v) is 6.88. The summed E-state index contributed by atoms with van der Waals surface area (Å²) in [6.45, 7) is 3.27. The molecule has 0 radical (unpaired) electrons. The highest BCUT2D eigenvalue weighted by atomic mass is 16.7. The summed E-state index contributed by atoms with van der Waals surface area (Å²) < 4.78 is 11.0. The third kappa shape index (κ3) is 23.6. The third-order valence-electron chi connectivity index (χ3n) is 10.5. The van der Waals surface area contributed by atoms with Crippen LogP contribution in [0.25, 0.3) is 0 Å². The molecule has 0 aromatic heterocycles.